The molecule has 4 aliphatic carbocycles. The van der Waals surface area contributed by atoms with Crippen molar-refractivity contribution in [3.63, 3.8) is 0 Å². The van der Waals surface area contributed by atoms with E-state index in [-0.39, 0.29) is 5.69 Å². The average molecular weight is 366 g/mol. The fraction of sp³-hybridized carbons (Fsp3) is 0.696. The molecule has 144 valence electrons. The molecule has 5 aliphatic rings. The number of H-pyrrole nitrogens is 1. The number of benzene rings is 1. The Morgan fingerprint density at radius 2 is 1.59 bits per heavy atom. The summed E-state index contributed by atoms with van der Waals surface area (Å²) >= 11 is 0. The Labute approximate surface area is 160 Å². The minimum atomic E-state index is 0.0655. The molecule has 7 rings (SSSR count). The number of aromatic nitrogens is 2. The lowest BCUT2D eigenvalue weighted by molar-refractivity contribution is -0.0721. The highest BCUT2D eigenvalue weighted by Crippen LogP contribution is 2.60. The first-order valence-corrected chi connectivity index (χ1v) is 11.1. The fourth-order valence-electron chi connectivity index (χ4n) is 7.73. The van der Waals surface area contributed by atoms with Crippen LogP contribution in [0.25, 0.3) is 11.0 Å². The summed E-state index contributed by atoms with van der Waals surface area (Å²) in [5, 5.41) is 0. The van der Waals surface area contributed by atoms with Crippen LogP contribution >= 0.6 is 0 Å². The number of para-hydroxylation sites is 2. The van der Waals surface area contributed by atoms with Crippen molar-refractivity contribution in [2.45, 2.75) is 57.4 Å². The van der Waals surface area contributed by atoms with E-state index in [1.54, 1.807) is 0 Å². The number of nitrogens with one attached hydrogen (secondary N) is 1. The van der Waals surface area contributed by atoms with Crippen molar-refractivity contribution in [2.75, 3.05) is 19.6 Å². The number of nitrogens with zero attached hydrogens (tertiary/aromatic N) is 2. The second-order valence-electron chi connectivity index (χ2n) is 10.2. The number of hydrogen-bond donors (Lipinski definition) is 1. The van der Waals surface area contributed by atoms with E-state index < -0.39 is 0 Å². The topological polar surface area (TPSA) is 41.0 Å². The van der Waals surface area contributed by atoms with Crippen molar-refractivity contribution >= 4 is 11.0 Å². The van der Waals surface area contributed by atoms with Crippen molar-refractivity contribution in [1.82, 2.24) is 14.5 Å². The molecule has 4 bridgehead atoms. The zero-order valence-corrected chi connectivity index (χ0v) is 16.2. The first-order valence-electron chi connectivity index (χ1n) is 11.1. The van der Waals surface area contributed by atoms with Gasteiger partial charge in [0.25, 0.3) is 0 Å². The van der Waals surface area contributed by atoms with Gasteiger partial charge >= 0.3 is 5.69 Å². The molecule has 1 aliphatic heterocycles. The van der Waals surface area contributed by atoms with Crippen LogP contribution in [-0.2, 0) is 0 Å². The molecule has 1 N–H and O–H groups in total. The average Bonchev–Trinajstić information content (AvgIpc) is 2.97. The molecule has 1 aromatic heterocycles. The zero-order valence-electron chi connectivity index (χ0n) is 16.2. The summed E-state index contributed by atoms with van der Waals surface area (Å²) in [5.74, 6) is 3.12. The van der Waals surface area contributed by atoms with Gasteiger partial charge in [0.2, 0.25) is 0 Å². The lowest BCUT2D eigenvalue weighted by Crippen LogP contribution is -2.52. The van der Waals surface area contributed by atoms with E-state index in [0.29, 0.717) is 11.5 Å². The summed E-state index contributed by atoms with van der Waals surface area (Å²) in [7, 11) is 0. The maximum Gasteiger partial charge on any atom is 0.326 e. The second-order valence-corrected chi connectivity index (χ2v) is 10.2. The van der Waals surface area contributed by atoms with E-state index in [1.807, 2.05) is 22.8 Å². The molecule has 2 heterocycles. The van der Waals surface area contributed by atoms with Crippen LogP contribution in [-0.4, -0.2) is 34.1 Å². The monoisotopic (exact) mass is 365 g/mol. The van der Waals surface area contributed by atoms with E-state index in [2.05, 4.69) is 16.0 Å². The van der Waals surface area contributed by atoms with Gasteiger partial charge in [-0.25, -0.2) is 4.79 Å². The minimum absolute atomic E-state index is 0.0655. The number of aromatic amines is 1. The Morgan fingerprint density at radius 3 is 2.26 bits per heavy atom. The molecule has 4 nitrogen and oxygen atoms in total. The molecule has 1 aromatic carbocycles. The van der Waals surface area contributed by atoms with Gasteiger partial charge in [-0.1, -0.05) is 12.1 Å². The van der Waals surface area contributed by atoms with Crippen LogP contribution in [0.2, 0.25) is 0 Å². The lowest BCUT2D eigenvalue weighted by Gasteiger charge is -2.58. The van der Waals surface area contributed by atoms with Crippen LogP contribution in [0.4, 0.5) is 0 Å². The SMILES string of the molecule is O=c1[nH]c2ccccc2n1C1CCN(CC23CC4CC(CC(C4)C2)C3)CC1. The molecule has 27 heavy (non-hydrogen) atoms. The van der Waals surface area contributed by atoms with Crippen molar-refractivity contribution in [2.24, 2.45) is 23.2 Å². The van der Waals surface area contributed by atoms with Gasteiger partial charge in [0.15, 0.2) is 0 Å². The van der Waals surface area contributed by atoms with Gasteiger partial charge in [0.1, 0.15) is 0 Å². The number of rotatable bonds is 3. The number of piperidine rings is 1. The second kappa shape index (κ2) is 5.97. The third kappa shape index (κ3) is 2.71. The Morgan fingerprint density at radius 1 is 0.963 bits per heavy atom. The summed E-state index contributed by atoms with van der Waals surface area (Å²) in [4.78, 5) is 18.3. The van der Waals surface area contributed by atoms with E-state index in [4.69, 9.17) is 0 Å². The number of hydrogen-bond acceptors (Lipinski definition) is 2. The van der Waals surface area contributed by atoms with Gasteiger partial charge in [-0.05, 0) is 86.7 Å². The summed E-state index contributed by atoms with van der Waals surface area (Å²) in [6.45, 7) is 3.63. The Bertz CT molecular complexity index is 866. The standard InChI is InChI=1S/C23H31N3O/c27-22-24-20-3-1-2-4-21(20)26(22)19-5-7-25(8-6-19)15-23-12-16-9-17(13-23)11-18(10-16)14-23/h1-4,16-19H,5-15H2,(H,24,27). The zero-order chi connectivity index (χ0) is 18.0. The van der Waals surface area contributed by atoms with Gasteiger partial charge in [-0.2, -0.15) is 0 Å². The lowest BCUT2D eigenvalue weighted by atomic mass is 9.49. The smallest absolute Gasteiger partial charge is 0.306 e. The highest BCUT2D eigenvalue weighted by molar-refractivity contribution is 5.75. The molecular formula is C23H31N3O. The maximum absolute atomic E-state index is 12.5. The first-order chi connectivity index (χ1) is 13.2. The molecular weight excluding hydrogens is 334 g/mol. The summed E-state index contributed by atoms with van der Waals surface area (Å²) < 4.78 is 2.03. The van der Waals surface area contributed by atoms with Crippen LogP contribution in [0.1, 0.15) is 57.4 Å². The normalized spacial score (nSPS) is 36.7. The Kier molecular flexibility index (Phi) is 3.63. The van der Waals surface area contributed by atoms with Gasteiger partial charge in [0.05, 0.1) is 11.0 Å². The summed E-state index contributed by atoms with van der Waals surface area (Å²) in [5.41, 5.74) is 2.75. The highest BCUT2D eigenvalue weighted by Gasteiger charge is 2.51. The first kappa shape index (κ1) is 16.4. The van der Waals surface area contributed by atoms with Crippen LogP contribution in [0.15, 0.2) is 29.1 Å². The van der Waals surface area contributed by atoms with Crippen LogP contribution in [0, 0.1) is 23.2 Å². The van der Waals surface area contributed by atoms with E-state index >= 15 is 0 Å². The molecule has 4 saturated carbocycles. The molecule has 2 aromatic rings. The Balaban J connectivity index is 1.16. The van der Waals surface area contributed by atoms with Gasteiger partial charge in [-0.3, -0.25) is 4.57 Å². The molecule has 0 radical (unpaired) electrons. The molecule has 4 heteroatoms. The molecule has 5 fully saturated rings. The number of imidazole rings is 1. The van der Waals surface area contributed by atoms with Crippen molar-refractivity contribution in [3.8, 4) is 0 Å². The number of likely N-dealkylation sites (tertiary alicyclic amines) is 1. The third-order valence-electron chi connectivity index (χ3n) is 8.27. The van der Waals surface area contributed by atoms with E-state index in [1.165, 1.54) is 45.1 Å². The van der Waals surface area contributed by atoms with Crippen molar-refractivity contribution < 1.29 is 0 Å². The highest BCUT2D eigenvalue weighted by atomic mass is 16.1. The molecule has 1 saturated heterocycles. The van der Waals surface area contributed by atoms with E-state index in [9.17, 15) is 4.79 Å². The molecule has 0 spiro atoms. The molecule has 0 amide bonds. The largest absolute Gasteiger partial charge is 0.326 e. The third-order valence-corrected chi connectivity index (χ3v) is 8.27. The fourth-order valence-corrected chi connectivity index (χ4v) is 7.73. The van der Waals surface area contributed by atoms with Crippen LogP contribution < -0.4 is 5.69 Å². The van der Waals surface area contributed by atoms with Crippen molar-refractivity contribution in [1.29, 1.82) is 0 Å². The quantitative estimate of drug-likeness (QED) is 0.886. The summed E-state index contributed by atoms with van der Waals surface area (Å²) in [6.07, 6.45) is 11.3. The van der Waals surface area contributed by atoms with Gasteiger partial charge in [0, 0.05) is 25.7 Å². The van der Waals surface area contributed by atoms with Gasteiger partial charge in [-0.15, -0.1) is 0 Å². The van der Waals surface area contributed by atoms with Gasteiger partial charge < -0.3 is 9.88 Å². The number of fused-ring (bicyclic) bond motifs is 1. The minimum Gasteiger partial charge on any atom is -0.306 e. The predicted molar refractivity (Wildman–Crippen MR) is 108 cm³/mol. The maximum atomic E-state index is 12.5. The van der Waals surface area contributed by atoms with Crippen LogP contribution in [0.5, 0.6) is 0 Å². The van der Waals surface area contributed by atoms with Crippen LogP contribution in [0.3, 0.4) is 0 Å². The Hall–Kier alpha value is -1.55. The molecule has 0 atom stereocenters. The molecule has 0 unspecified atom stereocenters. The van der Waals surface area contributed by atoms with E-state index in [0.717, 1.165) is 54.7 Å². The summed E-state index contributed by atoms with van der Waals surface area (Å²) in [6, 6.07) is 8.47. The predicted octanol–water partition coefficient (Wildman–Crippen LogP) is 4.18. The van der Waals surface area contributed by atoms with Crippen molar-refractivity contribution in [3.05, 3.63) is 34.7 Å².